The second kappa shape index (κ2) is 5.54. The number of carbonyl (C=O) groups is 1. The number of hydrogen-bond donors (Lipinski definition) is 2. The number of carboxylic acids is 1. The van der Waals surface area contributed by atoms with Gasteiger partial charge < -0.3 is 10.4 Å². The van der Waals surface area contributed by atoms with Crippen LogP contribution in [0.15, 0.2) is 40.2 Å². The van der Waals surface area contributed by atoms with Crippen LogP contribution < -0.4 is 5.32 Å². The summed E-state index contributed by atoms with van der Waals surface area (Å²) in [5.41, 5.74) is 1.90. The van der Waals surface area contributed by atoms with Crippen molar-refractivity contribution < 1.29 is 9.90 Å². The lowest BCUT2D eigenvalue weighted by Crippen LogP contribution is -2.19. The Morgan fingerprint density at radius 3 is 2.78 bits per heavy atom. The first-order valence-corrected chi connectivity index (χ1v) is 7.04. The zero-order chi connectivity index (χ0) is 13.1. The van der Waals surface area contributed by atoms with Gasteiger partial charge in [-0.25, -0.2) is 4.79 Å². The van der Waals surface area contributed by atoms with Gasteiger partial charge in [0, 0.05) is 10.2 Å². The minimum Gasteiger partial charge on any atom is -0.479 e. The van der Waals surface area contributed by atoms with Crippen LogP contribution in [0.5, 0.6) is 0 Å². The van der Waals surface area contributed by atoms with Crippen molar-refractivity contribution in [2.75, 3.05) is 5.32 Å². The van der Waals surface area contributed by atoms with E-state index in [1.165, 1.54) is 11.3 Å². The number of thiophene rings is 1. The first kappa shape index (κ1) is 13.1. The van der Waals surface area contributed by atoms with Crippen molar-refractivity contribution >= 4 is 38.9 Å². The first-order valence-electron chi connectivity index (χ1n) is 5.37. The predicted octanol–water partition coefficient (Wildman–Crippen LogP) is 4.06. The Morgan fingerprint density at radius 1 is 1.44 bits per heavy atom. The smallest absolute Gasteiger partial charge is 0.331 e. The van der Waals surface area contributed by atoms with Gasteiger partial charge in [-0.15, -0.1) is 11.3 Å². The number of aliphatic carboxylic acids is 1. The van der Waals surface area contributed by atoms with E-state index >= 15 is 0 Å². The molecule has 1 aromatic heterocycles. The van der Waals surface area contributed by atoms with Crippen LogP contribution >= 0.6 is 27.3 Å². The van der Waals surface area contributed by atoms with Crippen LogP contribution in [-0.4, -0.2) is 11.1 Å². The van der Waals surface area contributed by atoms with Gasteiger partial charge in [0.15, 0.2) is 6.04 Å². The normalized spacial score (nSPS) is 12.1. The summed E-state index contributed by atoms with van der Waals surface area (Å²) in [5.74, 6) is -0.889. The fourth-order valence-corrected chi connectivity index (χ4v) is 3.30. The molecule has 3 nitrogen and oxygen atoms in total. The Morgan fingerprint density at radius 2 is 2.22 bits per heavy atom. The number of rotatable bonds is 4. The van der Waals surface area contributed by atoms with Gasteiger partial charge in [0.25, 0.3) is 0 Å². The third-order valence-corrected chi connectivity index (χ3v) is 4.42. The number of hydrogen-bond acceptors (Lipinski definition) is 3. The van der Waals surface area contributed by atoms with Crippen molar-refractivity contribution in [1.29, 1.82) is 0 Å². The van der Waals surface area contributed by atoms with Crippen molar-refractivity contribution in [3.63, 3.8) is 0 Å². The third kappa shape index (κ3) is 2.91. The van der Waals surface area contributed by atoms with Crippen LogP contribution in [0.25, 0.3) is 0 Å². The summed E-state index contributed by atoms with van der Waals surface area (Å²) in [5, 5.41) is 14.2. The second-order valence-electron chi connectivity index (χ2n) is 3.92. The van der Waals surface area contributed by atoms with E-state index in [0.29, 0.717) is 0 Å². The highest BCUT2D eigenvalue weighted by Crippen LogP contribution is 2.31. The van der Waals surface area contributed by atoms with Crippen molar-refractivity contribution in [2.45, 2.75) is 13.0 Å². The highest BCUT2D eigenvalue weighted by molar-refractivity contribution is 9.10. The zero-order valence-electron chi connectivity index (χ0n) is 9.68. The highest BCUT2D eigenvalue weighted by Gasteiger charge is 2.23. The van der Waals surface area contributed by atoms with Gasteiger partial charge in [0.2, 0.25) is 0 Å². The Balaban J connectivity index is 2.28. The van der Waals surface area contributed by atoms with Gasteiger partial charge in [-0.1, -0.05) is 12.1 Å². The minimum absolute atomic E-state index is 0.735. The van der Waals surface area contributed by atoms with Crippen molar-refractivity contribution in [3.05, 3.63) is 50.6 Å². The molecule has 1 heterocycles. The summed E-state index contributed by atoms with van der Waals surface area (Å²) in [6.45, 7) is 1.97. The number of benzene rings is 1. The average Bonchev–Trinajstić information content (AvgIpc) is 2.72. The van der Waals surface area contributed by atoms with Crippen LogP contribution in [0.2, 0.25) is 0 Å². The third-order valence-electron chi connectivity index (χ3n) is 2.48. The molecule has 2 N–H and O–H groups in total. The summed E-state index contributed by atoms with van der Waals surface area (Å²) in [4.78, 5) is 12.1. The molecule has 0 spiro atoms. The Kier molecular flexibility index (Phi) is 4.04. The molecule has 0 aliphatic carbocycles. The summed E-state index contributed by atoms with van der Waals surface area (Å²) in [6, 6.07) is 8.79. The molecule has 0 aliphatic rings. The Hall–Kier alpha value is -1.33. The van der Waals surface area contributed by atoms with E-state index in [-0.39, 0.29) is 0 Å². The van der Waals surface area contributed by atoms with E-state index in [9.17, 15) is 9.90 Å². The fraction of sp³-hybridized carbons (Fsp3) is 0.154. The fourth-order valence-electron chi connectivity index (χ4n) is 1.65. The van der Waals surface area contributed by atoms with Crippen LogP contribution in [0.1, 0.15) is 16.5 Å². The summed E-state index contributed by atoms with van der Waals surface area (Å²) in [7, 11) is 0. The second-order valence-corrected chi connectivity index (χ2v) is 5.72. The maximum absolute atomic E-state index is 11.4. The van der Waals surface area contributed by atoms with E-state index in [2.05, 4.69) is 21.2 Å². The van der Waals surface area contributed by atoms with Crippen molar-refractivity contribution in [1.82, 2.24) is 0 Å². The topological polar surface area (TPSA) is 49.3 Å². The minimum atomic E-state index is -0.889. The predicted molar refractivity (Wildman–Crippen MR) is 77.2 cm³/mol. The van der Waals surface area contributed by atoms with E-state index in [0.717, 1.165) is 20.6 Å². The lowest BCUT2D eigenvalue weighted by molar-refractivity contribution is -0.138. The van der Waals surface area contributed by atoms with Gasteiger partial charge in [-0.2, -0.15) is 0 Å². The molecule has 0 aliphatic heterocycles. The molecule has 1 aromatic carbocycles. The highest BCUT2D eigenvalue weighted by atomic mass is 79.9. The molecule has 2 aromatic rings. The molecular formula is C13H12BrNO2S. The summed E-state index contributed by atoms with van der Waals surface area (Å²) in [6.07, 6.45) is 0. The lowest BCUT2D eigenvalue weighted by Gasteiger charge is -2.15. The van der Waals surface area contributed by atoms with Gasteiger partial charge >= 0.3 is 5.97 Å². The van der Waals surface area contributed by atoms with Crippen molar-refractivity contribution in [3.8, 4) is 0 Å². The molecule has 0 saturated heterocycles. The molecule has 1 unspecified atom stereocenters. The molecule has 2 rings (SSSR count). The number of halogens is 1. The van der Waals surface area contributed by atoms with Gasteiger partial charge in [-0.3, -0.25) is 0 Å². The van der Waals surface area contributed by atoms with E-state index < -0.39 is 12.0 Å². The van der Waals surface area contributed by atoms with E-state index in [4.69, 9.17) is 0 Å². The maximum atomic E-state index is 11.4. The molecular weight excluding hydrogens is 314 g/mol. The standard InChI is InChI=1S/C13H12BrNO2S/c1-8-3-2-4-9(7-8)15-11(13(16)17)12-10(14)5-6-18-12/h2-7,11,15H,1H3,(H,16,17). The van der Waals surface area contributed by atoms with Crippen LogP contribution in [0.4, 0.5) is 5.69 Å². The molecule has 0 fully saturated rings. The van der Waals surface area contributed by atoms with Gasteiger partial charge in [0.05, 0.1) is 4.88 Å². The molecule has 0 saturated carbocycles. The monoisotopic (exact) mass is 325 g/mol. The first-order chi connectivity index (χ1) is 8.58. The number of aryl methyl sites for hydroxylation is 1. The Bertz CT molecular complexity index is 568. The molecule has 18 heavy (non-hydrogen) atoms. The lowest BCUT2D eigenvalue weighted by atomic mass is 10.2. The van der Waals surface area contributed by atoms with Crippen LogP contribution in [0, 0.1) is 6.92 Å². The molecule has 1 atom stereocenters. The number of nitrogens with one attached hydrogen (secondary N) is 1. The zero-order valence-corrected chi connectivity index (χ0v) is 12.1. The molecule has 0 amide bonds. The summed E-state index contributed by atoms with van der Waals surface area (Å²) < 4.78 is 0.819. The van der Waals surface area contributed by atoms with Gasteiger partial charge in [0.1, 0.15) is 0 Å². The van der Waals surface area contributed by atoms with E-state index in [1.54, 1.807) is 0 Å². The largest absolute Gasteiger partial charge is 0.479 e. The molecule has 5 heteroatoms. The van der Waals surface area contributed by atoms with E-state index in [1.807, 2.05) is 42.6 Å². The van der Waals surface area contributed by atoms with Crippen LogP contribution in [0.3, 0.4) is 0 Å². The quantitative estimate of drug-likeness (QED) is 0.891. The van der Waals surface area contributed by atoms with Crippen LogP contribution in [-0.2, 0) is 4.79 Å². The average molecular weight is 326 g/mol. The summed E-state index contributed by atoms with van der Waals surface area (Å²) >= 11 is 4.79. The van der Waals surface area contributed by atoms with Crippen molar-refractivity contribution in [2.24, 2.45) is 0 Å². The van der Waals surface area contributed by atoms with Gasteiger partial charge in [-0.05, 0) is 52.0 Å². The molecule has 94 valence electrons. The maximum Gasteiger partial charge on any atom is 0.331 e. The molecule has 0 bridgehead atoms. The number of carboxylic acid groups (broad SMARTS) is 1. The SMILES string of the molecule is Cc1cccc(NC(C(=O)O)c2sccc2Br)c1. The Labute approximate surface area is 118 Å². The number of anilines is 1. The molecule has 0 radical (unpaired) electrons.